The number of aliphatic imine (C=N–C) groups is 1. The molecule has 0 unspecified atom stereocenters. The Hall–Kier alpha value is -3.14. The van der Waals surface area contributed by atoms with Gasteiger partial charge in [0.1, 0.15) is 13.3 Å². The lowest BCUT2D eigenvalue weighted by Gasteiger charge is -2.13. The van der Waals surface area contributed by atoms with Gasteiger partial charge in [0.15, 0.2) is 0 Å². The standard InChI is InChI=1S/C18H25N7O3/c1-6-17(21-20-14(4)13(3)19-11-26)28-10-15-12(2)8-7-9-16(15)25-18(27)24(5)22-23-25/h7-9,26H,6,10-11H2,1-5H3. The smallest absolute Gasteiger partial charge is 0.368 e. The van der Waals surface area contributed by atoms with E-state index in [1.54, 1.807) is 27.0 Å². The molecule has 0 aliphatic carbocycles. The monoisotopic (exact) mass is 387 g/mol. The molecule has 1 heterocycles. The third kappa shape index (κ3) is 4.97. The number of hydrogen-bond donors (Lipinski definition) is 1. The molecule has 1 N–H and O–H groups in total. The Bertz CT molecular complexity index is 970. The van der Waals surface area contributed by atoms with Gasteiger partial charge >= 0.3 is 5.69 Å². The van der Waals surface area contributed by atoms with E-state index in [0.29, 0.717) is 29.4 Å². The van der Waals surface area contributed by atoms with Crippen LogP contribution in [0.3, 0.4) is 0 Å². The molecule has 0 saturated heterocycles. The molecule has 0 amide bonds. The lowest BCUT2D eigenvalue weighted by Crippen LogP contribution is -2.23. The number of aliphatic hydroxyl groups excluding tert-OH is 1. The predicted molar refractivity (Wildman–Crippen MR) is 107 cm³/mol. The minimum Gasteiger partial charge on any atom is -0.475 e. The second-order valence-corrected chi connectivity index (χ2v) is 6.08. The third-order valence-corrected chi connectivity index (χ3v) is 4.16. The Labute approximate surface area is 162 Å². The molecule has 0 aliphatic heterocycles. The number of ether oxygens (including phenoxy) is 1. The molecule has 2 rings (SSSR count). The molecule has 0 atom stereocenters. The number of benzene rings is 1. The number of aryl methyl sites for hydroxylation is 2. The van der Waals surface area contributed by atoms with E-state index >= 15 is 0 Å². The van der Waals surface area contributed by atoms with E-state index in [9.17, 15) is 4.79 Å². The summed E-state index contributed by atoms with van der Waals surface area (Å²) >= 11 is 0. The van der Waals surface area contributed by atoms with Gasteiger partial charge in [0.05, 0.1) is 17.1 Å². The first kappa shape index (κ1) is 21.2. The van der Waals surface area contributed by atoms with Gasteiger partial charge in [-0.25, -0.2) is 4.79 Å². The van der Waals surface area contributed by atoms with E-state index in [2.05, 4.69) is 25.6 Å². The number of tetrazole rings is 1. The number of hydrogen-bond acceptors (Lipinski definition) is 8. The van der Waals surface area contributed by atoms with E-state index in [1.807, 2.05) is 26.0 Å². The second-order valence-electron chi connectivity index (χ2n) is 6.08. The van der Waals surface area contributed by atoms with Gasteiger partial charge in [-0.15, -0.1) is 5.10 Å². The van der Waals surface area contributed by atoms with Crippen molar-refractivity contribution in [3.63, 3.8) is 0 Å². The van der Waals surface area contributed by atoms with Crippen molar-refractivity contribution in [3.05, 3.63) is 39.8 Å². The molecule has 0 spiro atoms. The van der Waals surface area contributed by atoms with Crippen LogP contribution in [0.25, 0.3) is 5.69 Å². The van der Waals surface area contributed by atoms with Crippen molar-refractivity contribution in [2.24, 2.45) is 22.2 Å². The van der Waals surface area contributed by atoms with E-state index in [-0.39, 0.29) is 19.0 Å². The highest BCUT2D eigenvalue weighted by molar-refractivity contribution is 6.40. The van der Waals surface area contributed by atoms with E-state index in [4.69, 9.17) is 9.84 Å². The van der Waals surface area contributed by atoms with Crippen molar-refractivity contribution in [2.75, 3.05) is 6.73 Å². The SMILES string of the molecule is CCC(=NN=C(C)C(C)=NCO)OCc1c(C)cccc1-n1nnn(C)c1=O. The summed E-state index contributed by atoms with van der Waals surface area (Å²) in [6, 6.07) is 5.58. The molecule has 0 radical (unpaired) electrons. The van der Waals surface area contributed by atoms with Crippen LogP contribution in [0.5, 0.6) is 0 Å². The number of aliphatic hydroxyl groups is 1. The van der Waals surface area contributed by atoms with Crippen LogP contribution >= 0.6 is 0 Å². The van der Waals surface area contributed by atoms with Crippen molar-refractivity contribution in [3.8, 4) is 5.69 Å². The van der Waals surface area contributed by atoms with Gasteiger partial charge < -0.3 is 9.84 Å². The van der Waals surface area contributed by atoms with Gasteiger partial charge in [-0.1, -0.05) is 19.1 Å². The van der Waals surface area contributed by atoms with Gasteiger partial charge in [-0.2, -0.15) is 14.5 Å². The molecule has 2 aromatic rings. The van der Waals surface area contributed by atoms with Gasteiger partial charge in [0.25, 0.3) is 0 Å². The zero-order chi connectivity index (χ0) is 20.7. The third-order valence-electron chi connectivity index (χ3n) is 4.16. The average Bonchev–Trinajstić information content (AvgIpc) is 3.01. The predicted octanol–water partition coefficient (Wildman–Crippen LogP) is 1.39. The minimum absolute atomic E-state index is 0.204. The molecule has 10 nitrogen and oxygen atoms in total. The van der Waals surface area contributed by atoms with Crippen LogP contribution in [0.1, 0.15) is 38.3 Å². The van der Waals surface area contributed by atoms with Gasteiger partial charge in [0.2, 0.25) is 5.90 Å². The first-order chi connectivity index (χ1) is 13.4. The highest BCUT2D eigenvalue weighted by atomic mass is 16.5. The molecule has 0 bridgehead atoms. The summed E-state index contributed by atoms with van der Waals surface area (Å²) in [6.07, 6.45) is 0.541. The Morgan fingerprint density at radius 2 is 1.96 bits per heavy atom. The molecular formula is C18H25N7O3. The van der Waals surface area contributed by atoms with Crippen LogP contribution in [0.4, 0.5) is 0 Å². The highest BCUT2D eigenvalue weighted by Crippen LogP contribution is 2.18. The second kappa shape index (κ2) is 9.70. The maximum atomic E-state index is 12.2. The zero-order valence-electron chi connectivity index (χ0n) is 16.7. The fraction of sp³-hybridized carbons (Fsp3) is 0.444. The highest BCUT2D eigenvalue weighted by Gasteiger charge is 2.14. The number of aromatic nitrogens is 4. The van der Waals surface area contributed by atoms with Crippen LogP contribution < -0.4 is 5.69 Å². The lowest BCUT2D eigenvalue weighted by molar-refractivity contribution is 0.282. The first-order valence-corrected chi connectivity index (χ1v) is 8.83. The summed E-state index contributed by atoms with van der Waals surface area (Å²) in [5, 5.41) is 24.8. The molecule has 28 heavy (non-hydrogen) atoms. The fourth-order valence-corrected chi connectivity index (χ4v) is 2.32. The van der Waals surface area contributed by atoms with Crippen LogP contribution in [0, 0.1) is 6.92 Å². The molecule has 1 aromatic carbocycles. The van der Waals surface area contributed by atoms with Gasteiger partial charge in [-0.05, 0) is 42.8 Å². The Morgan fingerprint density at radius 3 is 2.57 bits per heavy atom. The van der Waals surface area contributed by atoms with Crippen LogP contribution in [0.2, 0.25) is 0 Å². The lowest BCUT2D eigenvalue weighted by atomic mass is 10.1. The fourth-order valence-electron chi connectivity index (χ4n) is 2.32. The summed E-state index contributed by atoms with van der Waals surface area (Å²) in [6.45, 7) is 7.25. The van der Waals surface area contributed by atoms with E-state index < -0.39 is 0 Å². The van der Waals surface area contributed by atoms with Crippen molar-refractivity contribution in [1.29, 1.82) is 0 Å². The summed E-state index contributed by atoms with van der Waals surface area (Å²) in [5.41, 5.74) is 3.23. The minimum atomic E-state index is -0.338. The summed E-state index contributed by atoms with van der Waals surface area (Å²) in [4.78, 5) is 16.1. The quantitative estimate of drug-likeness (QED) is 0.437. The topological polar surface area (TPSA) is 119 Å². The average molecular weight is 387 g/mol. The van der Waals surface area contributed by atoms with Gasteiger partial charge in [-0.3, -0.25) is 4.99 Å². The molecule has 150 valence electrons. The maximum absolute atomic E-state index is 12.2. The molecular weight excluding hydrogens is 362 g/mol. The number of nitrogens with zero attached hydrogens (tertiary/aromatic N) is 7. The number of rotatable bonds is 7. The van der Waals surface area contributed by atoms with E-state index in [0.717, 1.165) is 11.1 Å². The van der Waals surface area contributed by atoms with Crippen LogP contribution in [-0.4, -0.2) is 48.9 Å². The Kier molecular flexibility index (Phi) is 7.33. The van der Waals surface area contributed by atoms with Crippen LogP contribution in [-0.2, 0) is 18.4 Å². The molecule has 0 aliphatic rings. The molecule has 0 fully saturated rings. The van der Waals surface area contributed by atoms with E-state index in [1.165, 1.54) is 9.36 Å². The zero-order valence-corrected chi connectivity index (χ0v) is 16.7. The van der Waals surface area contributed by atoms with Crippen molar-refractivity contribution in [1.82, 2.24) is 19.8 Å². The van der Waals surface area contributed by atoms with Crippen LogP contribution in [0.15, 0.2) is 38.2 Å². The van der Waals surface area contributed by atoms with Crippen molar-refractivity contribution < 1.29 is 9.84 Å². The molecule has 10 heteroatoms. The molecule has 0 saturated carbocycles. The summed E-state index contributed by atoms with van der Waals surface area (Å²) in [7, 11) is 1.54. The summed E-state index contributed by atoms with van der Waals surface area (Å²) < 4.78 is 8.25. The normalized spacial score (nSPS) is 13.1. The largest absolute Gasteiger partial charge is 0.475 e. The molecule has 1 aromatic heterocycles. The summed E-state index contributed by atoms with van der Waals surface area (Å²) in [5.74, 6) is 0.442. The first-order valence-electron chi connectivity index (χ1n) is 8.83. The van der Waals surface area contributed by atoms with Crippen molar-refractivity contribution in [2.45, 2.75) is 40.7 Å². The Balaban J connectivity index is 2.27. The Morgan fingerprint density at radius 1 is 1.21 bits per heavy atom. The van der Waals surface area contributed by atoms with Crippen molar-refractivity contribution >= 4 is 17.3 Å². The maximum Gasteiger partial charge on any atom is 0.368 e. The van der Waals surface area contributed by atoms with Gasteiger partial charge in [0, 0.05) is 19.0 Å².